The molecule has 0 bridgehead atoms. The van der Waals surface area contributed by atoms with E-state index in [1.165, 1.54) is 0 Å². The highest BCUT2D eigenvalue weighted by Crippen LogP contribution is 2.25. The Bertz CT molecular complexity index is 1700. The molecule has 6 rings (SSSR count). The number of imidazole rings is 2. The van der Waals surface area contributed by atoms with Crippen LogP contribution in [0.25, 0.3) is 39.5 Å². The summed E-state index contributed by atoms with van der Waals surface area (Å²) in [6.45, 7) is 1.88. The van der Waals surface area contributed by atoms with Crippen molar-refractivity contribution in [3.05, 3.63) is 102 Å². The molecule has 0 spiro atoms. The summed E-state index contributed by atoms with van der Waals surface area (Å²) < 4.78 is 5.94. The number of carbonyl (C=O) groups excluding carboxylic acids is 1. The standard InChI is InChI=1S/C27H21N5O/c1-18-26(27-30(2)23-9-5-6-10-24(23)32(27)29-18)25(33)16-13-19-11-14-20(15-12-19)31-17-28-21-7-3-4-8-22(21)31/h3-17H,1-2H3/b16-13+. The summed E-state index contributed by atoms with van der Waals surface area (Å²) in [4.78, 5) is 17.6. The molecule has 0 atom stereocenters. The first-order valence-corrected chi connectivity index (χ1v) is 10.8. The maximum Gasteiger partial charge on any atom is 0.191 e. The first kappa shape index (κ1) is 19.3. The van der Waals surface area contributed by atoms with Crippen LogP contribution in [0.3, 0.4) is 0 Å². The van der Waals surface area contributed by atoms with E-state index in [9.17, 15) is 4.79 Å². The Hall–Kier alpha value is -4.45. The lowest BCUT2D eigenvalue weighted by Crippen LogP contribution is -2.00. The van der Waals surface area contributed by atoms with Crippen LogP contribution >= 0.6 is 0 Å². The number of fused-ring (bicyclic) bond motifs is 4. The van der Waals surface area contributed by atoms with Gasteiger partial charge in [-0.2, -0.15) is 5.10 Å². The summed E-state index contributed by atoms with van der Waals surface area (Å²) in [6, 6.07) is 24.2. The molecule has 0 aliphatic carbocycles. The Kier molecular flexibility index (Phi) is 4.26. The third-order valence-electron chi connectivity index (χ3n) is 6.12. The number of nitrogens with zero attached hydrogens (tertiary/aromatic N) is 5. The fourth-order valence-electron chi connectivity index (χ4n) is 4.49. The van der Waals surface area contributed by atoms with Gasteiger partial charge >= 0.3 is 0 Å². The quantitative estimate of drug-likeness (QED) is 0.279. The van der Waals surface area contributed by atoms with Crippen molar-refractivity contribution in [1.29, 1.82) is 0 Å². The summed E-state index contributed by atoms with van der Waals surface area (Å²) in [7, 11) is 1.97. The Morgan fingerprint density at radius 3 is 2.36 bits per heavy atom. The number of benzene rings is 3. The minimum absolute atomic E-state index is 0.0573. The van der Waals surface area contributed by atoms with E-state index in [0.29, 0.717) is 5.56 Å². The van der Waals surface area contributed by atoms with Crippen molar-refractivity contribution in [2.24, 2.45) is 7.05 Å². The number of para-hydroxylation sites is 4. The van der Waals surface area contributed by atoms with E-state index in [1.807, 2.05) is 102 Å². The predicted octanol–water partition coefficient (Wildman–Crippen LogP) is 5.37. The van der Waals surface area contributed by atoms with Crippen molar-refractivity contribution in [3.63, 3.8) is 0 Å². The molecule has 0 amide bonds. The molecule has 3 heterocycles. The van der Waals surface area contributed by atoms with E-state index in [1.54, 1.807) is 6.08 Å². The summed E-state index contributed by atoms with van der Waals surface area (Å²) in [5.41, 5.74) is 8.20. The van der Waals surface area contributed by atoms with Gasteiger partial charge in [0.15, 0.2) is 5.78 Å². The highest BCUT2D eigenvalue weighted by Gasteiger charge is 2.20. The number of ketones is 1. The highest BCUT2D eigenvalue weighted by molar-refractivity contribution is 6.12. The number of rotatable bonds is 4. The second-order valence-electron chi connectivity index (χ2n) is 8.14. The fraction of sp³-hybridized carbons (Fsp3) is 0.0741. The maximum atomic E-state index is 13.2. The molecular formula is C27H21N5O. The number of aryl methyl sites for hydroxylation is 2. The molecule has 0 N–H and O–H groups in total. The van der Waals surface area contributed by atoms with Crippen molar-refractivity contribution in [1.82, 2.24) is 23.7 Å². The molecule has 0 radical (unpaired) electrons. The molecule has 3 aromatic carbocycles. The minimum atomic E-state index is -0.0573. The Labute approximate surface area is 190 Å². The first-order valence-electron chi connectivity index (χ1n) is 10.8. The van der Waals surface area contributed by atoms with Gasteiger partial charge in [-0.1, -0.05) is 42.5 Å². The molecule has 3 aromatic heterocycles. The second kappa shape index (κ2) is 7.31. The van der Waals surface area contributed by atoms with E-state index in [0.717, 1.165) is 44.7 Å². The van der Waals surface area contributed by atoms with Crippen molar-refractivity contribution in [3.8, 4) is 5.69 Å². The summed E-state index contributed by atoms with van der Waals surface area (Å²) in [6.07, 6.45) is 5.31. The van der Waals surface area contributed by atoms with Crippen LogP contribution in [0, 0.1) is 6.92 Å². The molecular weight excluding hydrogens is 410 g/mol. The van der Waals surface area contributed by atoms with Gasteiger partial charge in [-0.15, -0.1) is 0 Å². The molecule has 160 valence electrons. The van der Waals surface area contributed by atoms with Crippen LogP contribution in [-0.4, -0.2) is 29.5 Å². The van der Waals surface area contributed by atoms with Crippen LogP contribution in [0.5, 0.6) is 0 Å². The van der Waals surface area contributed by atoms with Crippen molar-refractivity contribution < 1.29 is 4.79 Å². The summed E-state index contributed by atoms with van der Waals surface area (Å²) in [5.74, 6) is -0.0573. The number of aromatic nitrogens is 5. The van der Waals surface area contributed by atoms with Gasteiger partial charge < -0.3 is 4.57 Å². The van der Waals surface area contributed by atoms with Crippen LogP contribution in [0.4, 0.5) is 0 Å². The molecule has 0 unspecified atom stereocenters. The predicted molar refractivity (Wildman–Crippen MR) is 131 cm³/mol. The van der Waals surface area contributed by atoms with Gasteiger partial charge in [0.25, 0.3) is 0 Å². The van der Waals surface area contributed by atoms with Crippen LogP contribution in [0.15, 0.2) is 85.2 Å². The van der Waals surface area contributed by atoms with Crippen molar-refractivity contribution in [2.45, 2.75) is 6.92 Å². The third-order valence-corrected chi connectivity index (χ3v) is 6.12. The van der Waals surface area contributed by atoms with Crippen molar-refractivity contribution >= 4 is 39.6 Å². The Morgan fingerprint density at radius 2 is 1.58 bits per heavy atom. The number of carbonyl (C=O) groups is 1. The SMILES string of the molecule is Cc1nn2c3ccccc3n(C)c2c1C(=O)/C=C/c1ccc(-n2cnc3ccccc32)cc1. The highest BCUT2D eigenvalue weighted by atomic mass is 16.1. The van der Waals surface area contributed by atoms with Gasteiger partial charge in [-0.25, -0.2) is 9.50 Å². The van der Waals surface area contributed by atoms with Crippen molar-refractivity contribution in [2.75, 3.05) is 0 Å². The molecule has 0 aliphatic rings. The lowest BCUT2D eigenvalue weighted by atomic mass is 10.1. The van der Waals surface area contributed by atoms with Gasteiger partial charge in [0.1, 0.15) is 12.0 Å². The normalized spacial score (nSPS) is 11.9. The molecule has 6 nitrogen and oxygen atoms in total. The molecule has 0 saturated carbocycles. The lowest BCUT2D eigenvalue weighted by Gasteiger charge is -2.04. The molecule has 0 aliphatic heterocycles. The van der Waals surface area contributed by atoms with E-state index in [2.05, 4.69) is 20.7 Å². The molecule has 0 saturated heterocycles. The smallest absolute Gasteiger partial charge is 0.191 e. The van der Waals surface area contributed by atoms with E-state index >= 15 is 0 Å². The van der Waals surface area contributed by atoms with Crippen LogP contribution in [0.1, 0.15) is 21.6 Å². The van der Waals surface area contributed by atoms with Gasteiger partial charge in [0.05, 0.1) is 33.3 Å². The molecule has 0 fully saturated rings. The number of allylic oxidation sites excluding steroid dienone is 1. The molecule has 6 heteroatoms. The van der Waals surface area contributed by atoms with Crippen LogP contribution < -0.4 is 0 Å². The average Bonchev–Trinajstić information content (AvgIpc) is 3.50. The van der Waals surface area contributed by atoms with Crippen LogP contribution in [0.2, 0.25) is 0 Å². The zero-order valence-corrected chi connectivity index (χ0v) is 18.3. The molecule has 6 aromatic rings. The van der Waals surface area contributed by atoms with E-state index < -0.39 is 0 Å². The van der Waals surface area contributed by atoms with Gasteiger partial charge in [0, 0.05) is 12.7 Å². The number of hydrogen-bond acceptors (Lipinski definition) is 3. The fourth-order valence-corrected chi connectivity index (χ4v) is 4.49. The monoisotopic (exact) mass is 431 g/mol. The zero-order chi connectivity index (χ0) is 22.5. The van der Waals surface area contributed by atoms with Gasteiger partial charge in [0.2, 0.25) is 0 Å². The van der Waals surface area contributed by atoms with E-state index in [4.69, 9.17) is 0 Å². The minimum Gasteiger partial charge on any atom is -0.327 e. The van der Waals surface area contributed by atoms with E-state index in [-0.39, 0.29) is 5.78 Å². The summed E-state index contributed by atoms with van der Waals surface area (Å²) >= 11 is 0. The Balaban J connectivity index is 1.32. The lowest BCUT2D eigenvalue weighted by molar-refractivity contribution is 0.104. The first-order chi connectivity index (χ1) is 16.1. The largest absolute Gasteiger partial charge is 0.327 e. The van der Waals surface area contributed by atoms with Gasteiger partial charge in [-0.05, 0) is 55.0 Å². The maximum absolute atomic E-state index is 13.2. The molecule has 33 heavy (non-hydrogen) atoms. The third kappa shape index (κ3) is 2.99. The van der Waals surface area contributed by atoms with Crippen LogP contribution in [-0.2, 0) is 7.05 Å². The van der Waals surface area contributed by atoms with Gasteiger partial charge in [-0.3, -0.25) is 9.36 Å². The average molecular weight is 431 g/mol. The second-order valence-corrected chi connectivity index (χ2v) is 8.14. The Morgan fingerprint density at radius 1 is 0.879 bits per heavy atom. The number of hydrogen-bond donors (Lipinski definition) is 0. The zero-order valence-electron chi connectivity index (χ0n) is 18.3. The summed E-state index contributed by atoms with van der Waals surface area (Å²) in [5, 5.41) is 4.64. The topological polar surface area (TPSA) is 57.1 Å².